The molecule has 1 rings (SSSR count). The lowest BCUT2D eigenvalue weighted by molar-refractivity contribution is 0.0915. The number of carbonyl (C=O) groups is 1. The Hall–Kier alpha value is -0.900. The van der Waals surface area contributed by atoms with Crippen LogP contribution in [0.5, 0.6) is 0 Å². The Morgan fingerprint density at radius 3 is 2.80 bits per heavy atom. The number of aryl methyl sites for hydroxylation is 1. The van der Waals surface area contributed by atoms with E-state index in [1.165, 1.54) is 0 Å². The van der Waals surface area contributed by atoms with Crippen molar-refractivity contribution in [3.63, 3.8) is 0 Å². The van der Waals surface area contributed by atoms with Gasteiger partial charge in [0.05, 0.1) is 0 Å². The van der Waals surface area contributed by atoms with Crippen LogP contribution in [0.15, 0.2) is 18.3 Å². The van der Waals surface area contributed by atoms with Gasteiger partial charge in [0.1, 0.15) is 5.69 Å². The maximum Gasteiger partial charge on any atom is 0.270 e. The summed E-state index contributed by atoms with van der Waals surface area (Å²) in [7, 11) is 0. The molecule has 0 aromatic carbocycles. The van der Waals surface area contributed by atoms with Crippen LogP contribution >= 0.6 is 15.9 Å². The maximum absolute atomic E-state index is 11.8. The lowest BCUT2D eigenvalue weighted by Gasteiger charge is -2.23. The Morgan fingerprint density at radius 2 is 2.27 bits per heavy atom. The van der Waals surface area contributed by atoms with E-state index in [-0.39, 0.29) is 11.4 Å². The average Bonchev–Trinajstić information content (AvgIpc) is 2.17. The third kappa shape index (κ3) is 3.30. The molecule has 0 unspecified atom stereocenters. The molecule has 0 aliphatic rings. The molecule has 1 amide bonds. The molecule has 1 heterocycles. The minimum absolute atomic E-state index is 0.127. The number of amides is 1. The fourth-order valence-electron chi connectivity index (χ4n) is 1.12. The van der Waals surface area contributed by atoms with Gasteiger partial charge in [-0.3, -0.25) is 9.78 Å². The van der Waals surface area contributed by atoms with Gasteiger partial charge >= 0.3 is 0 Å². The number of hydrogen-bond donors (Lipinski definition) is 1. The molecule has 0 atom stereocenters. The number of hydrogen-bond acceptors (Lipinski definition) is 2. The topological polar surface area (TPSA) is 42.0 Å². The fourth-order valence-corrected chi connectivity index (χ4v) is 1.26. The van der Waals surface area contributed by atoms with E-state index in [0.29, 0.717) is 11.0 Å². The van der Waals surface area contributed by atoms with E-state index in [9.17, 15) is 4.79 Å². The molecule has 4 heteroatoms. The van der Waals surface area contributed by atoms with Crippen LogP contribution < -0.4 is 5.32 Å². The van der Waals surface area contributed by atoms with Gasteiger partial charge in [-0.25, -0.2) is 0 Å². The van der Waals surface area contributed by atoms with Crippen molar-refractivity contribution in [3.8, 4) is 0 Å². The monoisotopic (exact) mass is 270 g/mol. The summed E-state index contributed by atoms with van der Waals surface area (Å²) in [6.07, 6.45) is 1.63. The molecular weight excluding hydrogens is 256 g/mol. The van der Waals surface area contributed by atoms with Crippen molar-refractivity contribution < 1.29 is 4.79 Å². The van der Waals surface area contributed by atoms with Crippen molar-refractivity contribution in [1.82, 2.24) is 10.3 Å². The maximum atomic E-state index is 11.8. The van der Waals surface area contributed by atoms with Crippen molar-refractivity contribution in [1.29, 1.82) is 0 Å². The molecular formula is C11H15BrN2O. The van der Waals surface area contributed by atoms with E-state index < -0.39 is 0 Å². The van der Waals surface area contributed by atoms with Crippen LogP contribution in [-0.4, -0.2) is 21.8 Å². The number of carbonyl (C=O) groups excluding carboxylic acids is 1. The highest BCUT2D eigenvalue weighted by Gasteiger charge is 2.21. The standard InChI is InChI=1S/C11H15BrN2O/c1-8-5-4-6-13-9(8)10(15)14-11(2,3)7-12/h4-6H,7H2,1-3H3,(H,14,15). The first-order valence-corrected chi connectivity index (χ1v) is 5.88. The number of nitrogens with zero attached hydrogens (tertiary/aromatic N) is 1. The van der Waals surface area contributed by atoms with Crippen molar-refractivity contribution >= 4 is 21.8 Å². The number of rotatable bonds is 3. The van der Waals surface area contributed by atoms with Gasteiger partial charge in [0.2, 0.25) is 0 Å². The Labute approximate surface area is 98.4 Å². The van der Waals surface area contributed by atoms with E-state index in [0.717, 1.165) is 5.56 Å². The summed E-state index contributed by atoms with van der Waals surface area (Å²) in [6, 6.07) is 3.70. The Kier molecular flexibility index (Phi) is 3.85. The second kappa shape index (κ2) is 4.75. The van der Waals surface area contributed by atoms with Gasteiger partial charge in [-0.05, 0) is 32.4 Å². The summed E-state index contributed by atoms with van der Waals surface area (Å²) in [5.41, 5.74) is 1.12. The summed E-state index contributed by atoms with van der Waals surface area (Å²) < 4.78 is 0. The fraction of sp³-hybridized carbons (Fsp3) is 0.455. The second-order valence-electron chi connectivity index (χ2n) is 4.14. The largest absolute Gasteiger partial charge is 0.345 e. The number of halogens is 1. The Morgan fingerprint density at radius 1 is 1.60 bits per heavy atom. The van der Waals surface area contributed by atoms with Gasteiger partial charge in [-0.1, -0.05) is 22.0 Å². The third-order valence-electron chi connectivity index (χ3n) is 2.01. The highest BCUT2D eigenvalue weighted by molar-refractivity contribution is 9.09. The molecule has 0 saturated carbocycles. The predicted octanol–water partition coefficient (Wildman–Crippen LogP) is 2.29. The van der Waals surface area contributed by atoms with Gasteiger partial charge in [-0.15, -0.1) is 0 Å². The lowest BCUT2D eigenvalue weighted by Crippen LogP contribution is -2.45. The smallest absolute Gasteiger partial charge is 0.270 e. The summed E-state index contributed by atoms with van der Waals surface area (Å²) in [6.45, 7) is 5.79. The normalized spacial score (nSPS) is 11.2. The zero-order valence-corrected chi connectivity index (χ0v) is 10.8. The minimum Gasteiger partial charge on any atom is -0.345 e. The lowest BCUT2D eigenvalue weighted by atomic mass is 10.1. The van der Waals surface area contributed by atoms with Gasteiger partial charge in [0, 0.05) is 17.1 Å². The van der Waals surface area contributed by atoms with E-state index in [2.05, 4.69) is 26.2 Å². The molecule has 0 aliphatic carbocycles. The molecule has 1 aromatic heterocycles. The predicted molar refractivity (Wildman–Crippen MR) is 64.3 cm³/mol. The molecule has 0 radical (unpaired) electrons. The van der Waals surface area contributed by atoms with Gasteiger partial charge in [-0.2, -0.15) is 0 Å². The summed E-state index contributed by atoms with van der Waals surface area (Å²) in [5.74, 6) is -0.127. The van der Waals surface area contributed by atoms with Crippen molar-refractivity contribution in [2.45, 2.75) is 26.3 Å². The zero-order chi connectivity index (χ0) is 11.5. The molecule has 0 aliphatic heterocycles. The van der Waals surface area contributed by atoms with E-state index in [1.807, 2.05) is 32.9 Å². The number of aromatic nitrogens is 1. The Balaban J connectivity index is 2.83. The third-order valence-corrected chi connectivity index (χ3v) is 3.41. The molecule has 82 valence electrons. The molecule has 15 heavy (non-hydrogen) atoms. The van der Waals surface area contributed by atoms with Gasteiger partial charge in [0.15, 0.2) is 0 Å². The molecule has 0 bridgehead atoms. The Bertz CT molecular complexity index is 363. The van der Waals surface area contributed by atoms with Crippen LogP contribution in [0, 0.1) is 6.92 Å². The minimum atomic E-state index is -0.263. The van der Waals surface area contributed by atoms with Crippen LogP contribution in [0.1, 0.15) is 29.9 Å². The molecule has 0 saturated heterocycles. The molecule has 0 spiro atoms. The van der Waals surface area contributed by atoms with Crippen LogP contribution in [0.25, 0.3) is 0 Å². The first-order valence-electron chi connectivity index (χ1n) is 4.76. The highest BCUT2D eigenvalue weighted by Crippen LogP contribution is 2.09. The van der Waals surface area contributed by atoms with Gasteiger partial charge in [0.25, 0.3) is 5.91 Å². The van der Waals surface area contributed by atoms with Crippen molar-refractivity contribution in [2.75, 3.05) is 5.33 Å². The van der Waals surface area contributed by atoms with Crippen LogP contribution in [-0.2, 0) is 0 Å². The highest BCUT2D eigenvalue weighted by atomic mass is 79.9. The first-order chi connectivity index (χ1) is 6.96. The van der Waals surface area contributed by atoms with Crippen LogP contribution in [0.4, 0.5) is 0 Å². The molecule has 1 N–H and O–H groups in total. The summed E-state index contributed by atoms with van der Waals surface area (Å²) >= 11 is 3.36. The van der Waals surface area contributed by atoms with Crippen LogP contribution in [0.2, 0.25) is 0 Å². The second-order valence-corrected chi connectivity index (χ2v) is 4.70. The van der Waals surface area contributed by atoms with Crippen LogP contribution in [0.3, 0.4) is 0 Å². The van der Waals surface area contributed by atoms with E-state index >= 15 is 0 Å². The SMILES string of the molecule is Cc1cccnc1C(=O)NC(C)(C)CBr. The zero-order valence-electron chi connectivity index (χ0n) is 9.17. The number of nitrogens with one attached hydrogen (secondary N) is 1. The van der Waals surface area contributed by atoms with Gasteiger partial charge < -0.3 is 5.32 Å². The van der Waals surface area contributed by atoms with E-state index in [4.69, 9.17) is 0 Å². The first kappa shape index (κ1) is 12.2. The molecule has 3 nitrogen and oxygen atoms in total. The van der Waals surface area contributed by atoms with Crippen molar-refractivity contribution in [2.24, 2.45) is 0 Å². The molecule has 0 fully saturated rings. The quantitative estimate of drug-likeness (QED) is 0.857. The molecule has 1 aromatic rings. The summed E-state index contributed by atoms with van der Waals surface area (Å²) in [4.78, 5) is 15.9. The van der Waals surface area contributed by atoms with E-state index in [1.54, 1.807) is 6.20 Å². The number of alkyl halides is 1. The van der Waals surface area contributed by atoms with Crippen molar-refractivity contribution in [3.05, 3.63) is 29.6 Å². The number of pyridine rings is 1. The summed E-state index contributed by atoms with van der Waals surface area (Å²) in [5, 5.41) is 3.62. The average molecular weight is 271 g/mol.